The Bertz CT molecular complexity index is 1020. The lowest BCUT2D eigenvalue weighted by Gasteiger charge is -2.43. The van der Waals surface area contributed by atoms with Crippen LogP contribution in [0.15, 0.2) is 17.6 Å². The van der Waals surface area contributed by atoms with Crippen molar-refractivity contribution in [2.75, 3.05) is 18.8 Å². The number of piperidine rings is 1. The molecule has 0 aromatic carbocycles. The molecule has 4 fully saturated rings. The molecule has 3 heterocycles. The van der Waals surface area contributed by atoms with Crippen molar-refractivity contribution in [2.24, 2.45) is 17.3 Å². The Hall–Kier alpha value is -1.49. The van der Waals surface area contributed by atoms with Gasteiger partial charge in [-0.3, -0.25) is 9.58 Å². The van der Waals surface area contributed by atoms with Gasteiger partial charge in [0.1, 0.15) is 6.54 Å². The number of nitrogens with zero attached hydrogens (tertiary/aromatic N) is 3. The molecule has 0 unspecified atom stereocenters. The van der Waals surface area contributed by atoms with Crippen molar-refractivity contribution in [1.29, 1.82) is 0 Å². The molecule has 2 aliphatic heterocycles. The predicted molar refractivity (Wildman–Crippen MR) is 107 cm³/mol. The van der Waals surface area contributed by atoms with Gasteiger partial charge < -0.3 is 0 Å². The first kappa shape index (κ1) is 22.3. The van der Waals surface area contributed by atoms with Crippen LogP contribution in [0.3, 0.4) is 0 Å². The minimum absolute atomic E-state index is 0.146. The molecule has 0 amide bonds. The third kappa shape index (κ3) is 3.59. The van der Waals surface area contributed by atoms with Crippen molar-refractivity contribution in [2.45, 2.75) is 63.2 Å². The fourth-order valence-electron chi connectivity index (χ4n) is 6.50. The summed E-state index contributed by atoms with van der Waals surface area (Å²) < 4.78 is 90.5. The summed E-state index contributed by atoms with van der Waals surface area (Å²) in [6, 6.07) is 1.17. The molecule has 1 spiro atoms. The van der Waals surface area contributed by atoms with E-state index in [0.29, 0.717) is 17.9 Å². The van der Waals surface area contributed by atoms with Crippen LogP contribution >= 0.6 is 0 Å². The maximum atomic E-state index is 13.1. The van der Waals surface area contributed by atoms with Gasteiger partial charge in [-0.05, 0) is 56.6 Å². The molecule has 5 nitrogen and oxygen atoms in total. The molecule has 0 bridgehead atoms. The van der Waals surface area contributed by atoms with Crippen LogP contribution in [-0.4, -0.2) is 54.4 Å². The average molecular weight is 480 g/mol. The maximum Gasteiger partial charge on any atom is 0.435 e. The van der Waals surface area contributed by atoms with Crippen molar-refractivity contribution >= 4 is 9.84 Å². The van der Waals surface area contributed by atoms with Crippen LogP contribution in [-0.2, 0) is 22.6 Å². The van der Waals surface area contributed by atoms with Crippen LogP contribution < -0.4 is 0 Å². The molecule has 178 valence electrons. The van der Waals surface area contributed by atoms with Gasteiger partial charge in [0.25, 0.3) is 6.43 Å². The van der Waals surface area contributed by atoms with Gasteiger partial charge in [-0.15, -0.1) is 0 Å². The second-order valence-electron chi connectivity index (χ2n) is 9.85. The van der Waals surface area contributed by atoms with E-state index in [1.165, 1.54) is 0 Å². The molecular formula is C21H26F5N3O2S. The van der Waals surface area contributed by atoms with Crippen LogP contribution in [0, 0.1) is 17.3 Å². The van der Waals surface area contributed by atoms with Crippen LogP contribution in [0.25, 0.3) is 0 Å². The zero-order valence-corrected chi connectivity index (χ0v) is 18.3. The summed E-state index contributed by atoms with van der Waals surface area (Å²) in [5, 5.41) is 3.42. The Kier molecular flexibility index (Phi) is 5.06. The van der Waals surface area contributed by atoms with Crippen molar-refractivity contribution in [1.82, 2.24) is 14.7 Å². The maximum absolute atomic E-state index is 13.1. The van der Waals surface area contributed by atoms with Gasteiger partial charge in [0.15, 0.2) is 15.5 Å². The fourth-order valence-corrected chi connectivity index (χ4v) is 8.33. The quantitative estimate of drug-likeness (QED) is 0.611. The van der Waals surface area contributed by atoms with E-state index in [1.54, 1.807) is 0 Å². The fraction of sp³-hybridized carbons (Fsp3) is 0.762. The first-order valence-electron chi connectivity index (χ1n) is 11.0. The van der Waals surface area contributed by atoms with Crippen molar-refractivity contribution in [3.05, 3.63) is 28.9 Å². The van der Waals surface area contributed by atoms with Gasteiger partial charge >= 0.3 is 6.18 Å². The Morgan fingerprint density at radius 1 is 1.22 bits per heavy atom. The highest BCUT2D eigenvalue weighted by atomic mass is 32.2. The number of halogens is 5. The number of sulfone groups is 1. The molecule has 32 heavy (non-hydrogen) atoms. The number of likely N-dealkylation sites (tertiary alicyclic amines) is 1. The molecule has 11 heteroatoms. The molecule has 1 aromatic heterocycles. The first-order valence-corrected chi connectivity index (χ1v) is 12.7. The molecular weight excluding hydrogens is 453 g/mol. The van der Waals surface area contributed by atoms with E-state index >= 15 is 0 Å². The monoisotopic (exact) mass is 479 g/mol. The van der Waals surface area contributed by atoms with E-state index in [-0.39, 0.29) is 40.7 Å². The lowest BCUT2D eigenvalue weighted by atomic mass is 9.77. The standard InChI is InChI=1S/C21H26F5N3O2S/c1-12-20(4-6-32(12,30)31)3-2-5-28(11-20)13-7-14-15(8-13)19(14)16-9-17(21(24,25)26)27-29(16)10-18(22)23/h9,13-15,18-19H,1-8,10-11H2/t13-,14-,15+,19+,20-/m0/s1. The number of hydrogen-bond donors (Lipinski definition) is 0. The third-order valence-electron chi connectivity index (χ3n) is 8.11. The van der Waals surface area contributed by atoms with E-state index in [2.05, 4.69) is 16.6 Å². The number of fused-ring (bicyclic) bond motifs is 1. The second kappa shape index (κ2) is 7.25. The van der Waals surface area contributed by atoms with Gasteiger partial charge in [0, 0.05) is 34.5 Å². The van der Waals surface area contributed by atoms with Crippen molar-refractivity contribution in [3.63, 3.8) is 0 Å². The molecule has 0 radical (unpaired) electrons. The lowest BCUT2D eigenvalue weighted by Crippen LogP contribution is -2.47. The van der Waals surface area contributed by atoms with E-state index in [1.807, 2.05) is 0 Å². The van der Waals surface area contributed by atoms with E-state index < -0.39 is 34.7 Å². The van der Waals surface area contributed by atoms with Crippen molar-refractivity contribution in [3.8, 4) is 0 Å². The summed E-state index contributed by atoms with van der Waals surface area (Å²) in [5.41, 5.74) is -1.24. The Morgan fingerprint density at radius 3 is 2.47 bits per heavy atom. The van der Waals surface area contributed by atoms with Gasteiger partial charge in [-0.2, -0.15) is 18.3 Å². The molecule has 5 rings (SSSR count). The zero-order valence-electron chi connectivity index (χ0n) is 17.5. The van der Waals surface area contributed by atoms with Crippen LogP contribution in [0.1, 0.15) is 49.4 Å². The van der Waals surface area contributed by atoms with E-state index in [4.69, 9.17) is 0 Å². The van der Waals surface area contributed by atoms with E-state index in [9.17, 15) is 30.4 Å². The minimum atomic E-state index is -4.67. The largest absolute Gasteiger partial charge is 0.435 e. The van der Waals surface area contributed by atoms with Crippen LogP contribution in [0.2, 0.25) is 0 Å². The highest BCUT2D eigenvalue weighted by molar-refractivity contribution is 7.95. The second-order valence-corrected chi connectivity index (χ2v) is 12.0. The lowest BCUT2D eigenvalue weighted by molar-refractivity contribution is -0.141. The number of aromatic nitrogens is 2. The molecule has 5 atom stereocenters. The molecule has 2 saturated carbocycles. The summed E-state index contributed by atoms with van der Waals surface area (Å²) in [6.45, 7) is 4.58. The van der Waals surface area contributed by atoms with Crippen LogP contribution in [0.5, 0.6) is 0 Å². The van der Waals surface area contributed by atoms with Gasteiger partial charge in [0.2, 0.25) is 0 Å². The molecule has 4 aliphatic rings. The molecule has 0 N–H and O–H groups in total. The van der Waals surface area contributed by atoms with Gasteiger partial charge in [0.05, 0.1) is 5.75 Å². The zero-order chi connectivity index (χ0) is 23.1. The number of rotatable bonds is 4. The SMILES string of the molecule is C=C1[C@@]2(CCCN([C@@H]3C[C@@H]4[C@H](C3)[C@H]4c3cc(C(F)(F)F)nn3CC(F)F)C2)CCS1(=O)=O. The normalized spacial score (nSPS) is 36.9. The first-order chi connectivity index (χ1) is 14.9. The van der Waals surface area contributed by atoms with Crippen LogP contribution in [0.4, 0.5) is 22.0 Å². The summed E-state index contributed by atoms with van der Waals surface area (Å²) in [7, 11) is -3.24. The predicted octanol–water partition coefficient (Wildman–Crippen LogP) is 4.07. The molecule has 2 saturated heterocycles. The summed E-state index contributed by atoms with van der Waals surface area (Å²) in [5.74, 6) is 0.284. The van der Waals surface area contributed by atoms with Gasteiger partial charge in [-0.25, -0.2) is 17.2 Å². The third-order valence-corrected chi connectivity index (χ3v) is 10.0. The van der Waals surface area contributed by atoms with E-state index in [0.717, 1.165) is 43.0 Å². The highest BCUT2D eigenvalue weighted by Crippen LogP contribution is 2.64. The Balaban J connectivity index is 1.29. The summed E-state index contributed by atoms with van der Waals surface area (Å²) in [6.07, 6.45) is -3.57. The van der Waals surface area contributed by atoms with Gasteiger partial charge in [-0.1, -0.05) is 6.58 Å². The molecule has 2 aliphatic carbocycles. The molecule has 1 aromatic rings. The summed E-state index contributed by atoms with van der Waals surface area (Å²) >= 11 is 0. The smallest absolute Gasteiger partial charge is 0.299 e. The average Bonchev–Trinajstić information content (AvgIpc) is 3.02. The topological polar surface area (TPSA) is 55.2 Å². The summed E-state index contributed by atoms with van der Waals surface area (Å²) in [4.78, 5) is 2.68. The Labute approximate surface area is 183 Å². The minimum Gasteiger partial charge on any atom is -0.299 e. The van der Waals surface area contributed by atoms with Crippen molar-refractivity contribution < 1.29 is 30.4 Å². The number of hydrogen-bond acceptors (Lipinski definition) is 4. The number of alkyl halides is 5. The Morgan fingerprint density at radius 2 is 1.91 bits per heavy atom. The highest BCUT2D eigenvalue weighted by Gasteiger charge is 2.60.